The SMILES string of the molecule is CC(=O)O[C@H]1CC[C@]2(C)[C@H]3CC[C@@H]4[C@H]5[C@H]([C@H](C)OO)CC[C@]5(C)CC[C@@]4(C)[C@]3(C)CC[C@H]2C1(C)C. The van der Waals surface area contributed by atoms with Crippen molar-refractivity contribution in [2.75, 3.05) is 0 Å². The summed E-state index contributed by atoms with van der Waals surface area (Å²) >= 11 is 0. The van der Waals surface area contributed by atoms with E-state index >= 15 is 0 Å². The Morgan fingerprint density at radius 2 is 1.54 bits per heavy atom. The van der Waals surface area contributed by atoms with Crippen molar-refractivity contribution in [3.8, 4) is 0 Å². The molecule has 0 spiro atoms. The van der Waals surface area contributed by atoms with E-state index in [0.29, 0.717) is 39.4 Å². The van der Waals surface area contributed by atoms with Gasteiger partial charge in [0.2, 0.25) is 0 Å². The van der Waals surface area contributed by atoms with Crippen LogP contribution in [0.3, 0.4) is 0 Å². The van der Waals surface area contributed by atoms with Crippen LogP contribution in [0.5, 0.6) is 0 Å². The van der Waals surface area contributed by atoms with Gasteiger partial charge in [0.1, 0.15) is 6.10 Å². The van der Waals surface area contributed by atoms with Gasteiger partial charge in [-0.25, -0.2) is 4.89 Å². The molecule has 0 heterocycles. The average Bonchev–Trinajstić information content (AvgIpc) is 3.13. The summed E-state index contributed by atoms with van der Waals surface area (Å²) in [5, 5.41) is 9.62. The first-order chi connectivity index (χ1) is 16.2. The summed E-state index contributed by atoms with van der Waals surface area (Å²) < 4.78 is 5.90. The van der Waals surface area contributed by atoms with Gasteiger partial charge in [-0.3, -0.25) is 10.1 Å². The van der Waals surface area contributed by atoms with Crippen LogP contribution in [-0.4, -0.2) is 23.4 Å². The fourth-order valence-corrected chi connectivity index (χ4v) is 12.0. The predicted molar refractivity (Wildman–Crippen MR) is 139 cm³/mol. The van der Waals surface area contributed by atoms with Crippen LogP contribution in [0.1, 0.15) is 120 Å². The number of fused-ring (bicyclic) bond motifs is 7. The molecule has 5 fully saturated rings. The molecule has 4 nitrogen and oxygen atoms in total. The van der Waals surface area contributed by atoms with Crippen molar-refractivity contribution in [1.82, 2.24) is 0 Å². The fraction of sp³-hybridized carbons (Fsp3) is 0.968. The van der Waals surface area contributed by atoms with Crippen molar-refractivity contribution >= 4 is 5.97 Å². The van der Waals surface area contributed by atoms with E-state index in [2.05, 4.69) is 48.5 Å². The molecule has 5 saturated carbocycles. The van der Waals surface area contributed by atoms with Gasteiger partial charge in [-0.1, -0.05) is 41.5 Å². The molecule has 35 heavy (non-hydrogen) atoms. The van der Waals surface area contributed by atoms with E-state index in [4.69, 9.17) is 9.62 Å². The predicted octanol–water partition coefficient (Wildman–Crippen LogP) is 7.90. The summed E-state index contributed by atoms with van der Waals surface area (Å²) in [6.07, 6.45) is 12.5. The van der Waals surface area contributed by atoms with E-state index in [1.807, 2.05) is 0 Å². The number of esters is 1. The summed E-state index contributed by atoms with van der Waals surface area (Å²) in [7, 11) is 0. The summed E-state index contributed by atoms with van der Waals surface area (Å²) in [5.74, 6) is 3.05. The number of ether oxygens (including phenoxy) is 1. The molecule has 5 aliphatic carbocycles. The molecule has 0 amide bonds. The Bertz CT molecular complexity index is 853. The Kier molecular flexibility index (Phi) is 6.09. The van der Waals surface area contributed by atoms with Gasteiger partial charge in [-0.2, -0.15) is 0 Å². The monoisotopic (exact) mass is 488 g/mol. The highest BCUT2D eigenvalue weighted by Gasteiger charge is 2.70. The molecular formula is C31H52O4. The molecule has 0 bridgehead atoms. The van der Waals surface area contributed by atoms with Crippen molar-refractivity contribution in [2.45, 2.75) is 132 Å². The minimum atomic E-state index is -0.127. The maximum atomic E-state index is 11.9. The lowest BCUT2D eigenvalue weighted by Crippen LogP contribution is -2.66. The molecule has 4 heteroatoms. The topological polar surface area (TPSA) is 55.8 Å². The summed E-state index contributed by atoms with van der Waals surface area (Å²) in [6.45, 7) is 18.9. The van der Waals surface area contributed by atoms with Gasteiger partial charge in [0.05, 0.1) is 6.10 Å². The van der Waals surface area contributed by atoms with Crippen LogP contribution < -0.4 is 0 Å². The first kappa shape index (κ1) is 26.0. The lowest BCUT2D eigenvalue weighted by molar-refractivity contribution is -0.296. The summed E-state index contributed by atoms with van der Waals surface area (Å²) in [4.78, 5) is 16.9. The molecule has 5 aliphatic rings. The first-order valence-corrected chi connectivity index (χ1v) is 14.7. The van der Waals surface area contributed by atoms with Gasteiger partial charge in [0, 0.05) is 12.3 Å². The Labute approximate surface area is 214 Å². The molecule has 0 unspecified atom stereocenters. The Morgan fingerprint density at radius 1 is 0.829 bits per heavy atom. The van der Waals surface area contributed by atoms with E-state index in [1.165, 1.54) is 57.8 Å². The molecule has 5 rings (SSSR count). The lowest BCUT2D eigenvalue weighted by Gasteiger charge is -2.73. The van der Waals surface area contributed by atoms with Gasteiger partial charge >= 0.3 is 5.97 Å². The molecule has 0 aliphatic heterocycles. The van der Waals surface area contributed by atoms with E-state index in [9.17, 15) is 10.1 Å². The third-order valence-corrected chi connectivity index (χ3v) is 13.9. The van der Waals surface area contributed by atoms with E-state index in [1.54, 1.807) is 6.92 Å². The van der Waals surface area contributed by atoms with Crippen LogP contribution in [0.4, 0.5) is 0 Å². The fourth-order valence-electron chi connectivity index (χ4n) is 12.0. The minimum absolute atomic E-state index is 0.0212. The second-order valence-electron chi connectivity index (χ2n) is 15.3. The highest BCUT2D eigenvalue weighted by Crippen LogP contribution is 2.77. The zero-order valence-corrected chi connectivity index (χ0v) is 23.8. The van der Waals surface area contributed by atoms with Crippen molar-refractivity contribution in [2.24, 2.45) is 56.7 Å². The van der Waals surface area contributed by atoms with Crippen LogP contribution in [0.15, 0.2) is 0 Å². The van der Waals surface area contributed by atoms with Gasteiger partial charge in [0.25, 0.3) is 0 Å². The Hall–Kier alpha value is -0.610. The second-order valence-corrected chi connectivity index (χ2v) is 15.3. The minimum Gasteiger partial charge on any atom is -0.462 e. The van der Waals surface area contributed by atoms with Gasteiger partial charge in [0.15, 0.2) is 0 Å². The number of hydrogen-bond donors (Lipinski definition) is 1. The standard InChI is InChI=1S/C31H52O4/c1-19(35-33)21-11-14-28(5)17-18-30(7)22(26(21)28)9-10-24-29(6)15-13-25(34-20(2)32)27(3,4)23(29)12-16-31(24,30)8/h19,21-26,33H,9-18H2,1-8H3/t19-,21-,22+,23-,24+,25-,26+,28+,29-,30+,31+/m0/s1. The Balaban J connectivity index is 1.49. The normalized spacial score (nSPS) is 53.5. The summed E-state index contributed by atoms with van der Waals surface area (Å²) in [5.41, 5.74) is 1.40. The zero-order valence-electron chi connectivity index (χ0n) is 23.8. The molecule has 0 saturated heterocycles. The third kappa shape index (κ3) is 3.40. The number of carbonyl (C=O) groups excluding carboxylic acids is 1. The van der Waals surface area contributed by atoms with E-state index in [-0.39, 0.29) is 23.6 Å². The molecular weight excluding hydrogens is 436 g/mol. The maximum absolute atomic E-state index is 11.9. The maximum Gasteiger partial charge on any atom is 0.302 e. The molecule has 0 aromatic rings. The van der Waals surface area contributed by atoms with Crippen LogP contribution in [0, 0.1) is 56.7 Å². The third-order valence-electron chi connectivity index (χ3n) is 13.9. The number of rotatable bonds is 3. The first-order valence-electron chi connectivity index (χ1n) is 14.7. The van der Waals surface area contributed by atoms with Gasteiger partial charge in [-0.05, 0) is 122 Å². The van der Waals surface area contributed by atoms with Crippen LogP contribution >= 0.6 is 0 Å². The van der Waals surface area contributed by atoms with Crippen LogP contribution in [0.25, 0.3) is 0 Å². The van der Waals surface area contributed by atoms with Crippen molar-refractivity contribution in [3.05, 3.63) is 0 Å². The second kappa shape index (κ2) is 8.19. The average molecular weight is 489 g/mol. The van der Waals surface area contributed by atoms with Crippen LogP contribution in [-0.2, 0) is 14.4 Å². The molecule has 11 atom stereocenters. The molecule has 0 aromatic heterocycles. The zero-order chi connectivity index (χ0) is 25.6. The highest BCUT2D eigenvalue weighted by molar-refractivity contribution is 5.66. The van der Waals surface area contributed by atoms with Crippen molar-refractivity contribution in [3.63, 3.8) is 0 Å². The van der Waals surface area contributed by atoms with Crippen molar-refractivity contribution in [1.29, 1.82) is 0 Å². The van der Waals surface area contributed by atoms with Crippen molar-refractivity contribution < 1.29 is 19.7 Å². The number of carbonyl (C=O) groups is 1. The Morgan fingerprint density at radius 3 is 2.20 bits per heavy atom. The highest BCUT2D eigenvalue weighted by atomic mass is 17.1. The van der Waals surface area contributed by atoms with E-state index < -0.39 is 0 Å². The number of hydrogen-bond acceptors (Lipinski definition) is 4. The quantitative estimate of drug-likeness (QED) is 0.249. The smallest absolute Gasteiger partial charge is 0.302 e. The molecule has 1 N–H and O–H groups in total. The molecule has 200 valence electrons. The van der Waals surface area contributed by atoms with Crippen LogP contribution in [0.2, 0.25) is 0 Å². The van der Waals surface area contributed by atoms with Gasteiger partial charge < -0.3 is 4.74 Å². The van der Waals surface area contributed by atoms with E-state index in [0.717, 1.165) is 18.3 Å². The molecule has 0 radical (unpaired) electrons. The largest absolute Gasteiger partial charge is 0.462 e. The summed E-state index contributed by atoms with van der Waals surface area (Å²) in [6, 6.07) is 0. The lowest BCUT2D eigenvalue weighted by atomic mass is 9.32. The molecule has 0 aromatic carbocycles. The van der Waals surface area contributed by atoms with Gasteiger partial charge in [-0.15, -0.1) is 0 Å².